The van der Waals surface area contributed by atoms with E-state index in [0.29, 0.717) is 38.5 Å². The monoisotopic (exact) mass is 978 g/mol. The van der Waals surface area contributed by atoms with E-state index >= 15 is 0 Å². The lowest BCUT2D eigenvalue weighted by molar-refractivity contribution is -0.133. The smallest absolute Gasteiger partial charge is 0.243 e. The number of carbonyl (C=O) groups excluding carboxylic acids is 9. The van der Waals surface area contributed by atoms with Gasteiger partial charge in [-0.15, -0.1) is 0 Å². The molecule has 1 heterocycles. The summed E-state index contributed by atoms with van der Waals surface area (Å²) in [7, 11) is 0. The third-order valence-electron chi connectivity index (χ3n) is 9.81. The van der Waals surface area contributed by atoms with Gasteiger partial charge in [-0.25, -0.2) is 0 Å². The van der Waals surface area contributed by atoms with Crippen LogP contribution in [0, 0.1) is 0 Å². The lowest BCUT2D eigenvalue weighted by Gasteiger charge is -2.22. The molecule has 3 atom stereocenters. The Kier molecular flexibility index (Phi) is 35.2. The van der Waals surface area contributed by atoms with Crippen LogP contribution in [-0.2, 0) is 57.4 Å². The van der Waals surface area contributed by atoms with Gasteiger partial charge in [-0.3, -0.25) is 43.2 Å². The van der Waals surface area contributed by atoms with Crippen molar-refractivity contribution in [2.24, 2.45) is 15.3 Å². The molecule has 0 unspecified atom stereocenters. The predicted octanol–water partition coefficient (Wildman–Crippen LogP) is 0.0466. The van der Waals surface area contributed by atoms with Gasteiger partial charge >= 0.3 is 0 Å². The molecule has 1 aliphatic heterocycles. The Bertz CT molecular complexity index is 1590. The minimum Gasteiger partial charge on any atom is -0.381 e. The first-order valence-corrected chi connectivity index (χ1v) is 22.9. The zero-order chi connectivity index (χ0) is 50.7. The first kappa shape index (κ1) is 60.3. The molecule has 0 bridgehead atoms. The number of rotatable bonds is 33. The second kappa shape index (κ2) is 40.3. The summed E-state index contributed by atoms with van der Waals surface area (Å²) in [6, 6.07) is -3.39. The predicted molar refractivity (Wildman–Crippen MR) is 245 cm³/mol. The van der Waals surface area contributed by atoms with Crippen LogP contribution in [0.3, 0.4) is 0 Å². The van der Waals surface area contributed by atoms with E-state index in [2.05, 4.69) is 72.6 Å². The van der Waals surface area contributed by atoms with Crippen molar-refractivity contribution in [3.8, 4) is 0 Å². The summed E-state index contributed by atoms with van der Waals surface area (Å²) in [5.41, 5.74) is 24.9. The number of Topliss-reactive ketones (excluding diaryl/α,β-unsaturated/α-hetero) is 1. The molecule has 0 aromatic heterocycles. The van der Waals surface area contributed by atoms with Gasteiger partial charge in [0.05, 0.1) is 58.8 Å². The first-order chi connectivity index (χ1) is 33.4. The summed E-state index contributed by atoms with van der Waals surface area (Å²) in [4.78, 5) is 124. The number of carbonyl (C=O) groups is 9. The SMILES string of the molecule is [N-]=[N+]=NCCOCCC(=O)NCCCC[C@@H]1NC(=O)CNC(=O)[C@H](CCCCNC(=O)CCOCCN=[N+]=[N-])NC(=O)CNC(=O)[C@H](CCCCNC(=O)CCOCCN=[N+]=[N-])NC(=O)CCC1=O. The average Bonchev–Trinajstić information content (AvgIpc) is 3.33. The molecule has 0 aliphatic carbocycles. The molecular formula is C40H67N17O12. The van der Waals surface area contributed by atoms with Gasteiger partial charge in [-0.2, -0.15) is 0 Å². The molecular weight excluding hydrogens is 911 g/mol. The van der Waals surface area contributed by atoms with Crippen LogP contribution in [0.1, 0.15) is 89.9 Å². The number of unbranched alkanes of at least 4 members (excludes halogenated alkanes) is 3. The summed E-state index contributed by atoms with van der Waals surface area (Å²) < 4.78 is 15.7. The second-order valence-electron chi connectivity index (χ2n) is 15.2. The number of ketones is 1. The fourth-order valence-corrected chi connectivity index (χ4v) is 6.22. The highest BCUT2D eigenvalue weighted by atomic mass is 16.5. The van der Waals surface area contributed by atoms with Crippen molar-refractivity contribution >= 4 is 53.0 Å². The lowest BCUT2D eigenvalue weighted by Crippen LogP contribution is -2.53. The van der Waals surface area contributed by atoms with Crippen molar-refractivity contribution in [3.63, 3.8) is 0 Å². The number of amides is 8. The molecule has 29 nitrogen and oxygen atoms in total. The topological polar surface area (TPSA) is 424 Å². The van der Waals surface area contributed by atoms with Gasteiger partial charge in [0, 0.05) is 86.1 Å². The molecule has 1 saturated heterocycles. The minimum absolute atomic E-state index is 0.0682. The van der Waals surface area contributed by atoms with Crippen LogP contribution < -0.4 is 42.5 Å². The quantitative estimate of drug-likeness (QED) is 0.0187. The molecule has 0 aromatic carbocycles. The van der Waals surface area contributed by atoms with Gasteiger partial charge in [0.15, 0.2) is 5.78 Å². The van der Waals surface area contributed by atoms with E-state index in [0.717, 1.165) is 0 Å². The van der Waals surface area contributed by atoms with Crippen LogP contribution in [0.5, 0.6) is 0 Å². The fraction of sp³-hybridized carbons (Fsp3) is 0.775. The molecule has 29 heteroatoms. The maximum absolute atomic E-state index is 13.5. The molecule has 384 valence electrons. The molecule has 8 N–H and O–H groups in total. The minimum atomic E-state index is -1.17. The van der Waals surface area contributed by atoms with Crippen molar-refractivity contribution in [1.29, 1.82) is 0 Å². The third kappa shape index (κ3) is 33.4. The molecule has 0 aromatic rings. The van der Waals surface area contributed by atoms with E-state index in [1.807, 2.05) is 0 Å². The average molecular weight is 978 g/mol. The van der Waals surface area contributed by atoms with E-state index in [1.165, 1.54) is 0 Å². The van der Waals surface area contributed by atoms with E-state index < -0.39 is 66.5 Å². The Hall–Kier alpha value is -6.76. The summed E-state index contributed by atoms with van der Waals surface area (Å²) in [5.74, 6) is -4.86. The van der Waals surface area contributed by atoms with Gasteiger partial charge in [0.1, 0.15) is 12.1 Å². The van der Waals surface area contributed by atoms with Crippen LogP contribution in [0.15, 0.2) is 15.3 Å². The number of nitrogens with one attached hydrogen (secondary N) is 8. The van der Waals surface area contributed by atoms with Gasteiger partial charge < -0.3 is 56.7 Å². The van der Waals surface area contributed by atoms with Crippen molar-refractivity contribution in [2.75, 3.05) is 92.0 Å². The fourth-order valence-electron chi connectivity index (χ4n) is 6.22. The number of hydrogen-bond acceptors (Lipinski definition) is 15. The van der Waals surface area contributed by atoms with E-state index in [-0.39, 0.29) is 148 Å². The summed E-state index contributed by atoms with van der Waals surface area (Å²) in [6.07, 6.45) is 2.16. The Morgan fingerprint density at radius 1 is 0.493 bits per heavy atom. The van der Waals surface area contributed by atoms with Crippen LogP contribution in [-0.4, -0.2) is 163 Å². The Morgan fingerprint density at radius 2 is 0.841 bits per heavy atom. The van der Waals surface area contributed by atoms with E-state index in [1.54, 1.807) is 0 Å². The second-order valence-corrected chi connectivity index (χ2v) is 15.2. The molecule has 0 saturated carbocycles. The van der Waals surface area contributed by atoms with Crippen LogP contribution in [0.4, 0.5) is 0 Å². The standard InChI is InChI=1S/C40H67N17O12/c41-55-49-18-24-67-21-12-33(59)44-15-4-1-7-29-32(58)10-11-36(62)53-30(8-2-5-16-45-34(60)13-22-68-25-19-50-56-42)39(65)48-28-38(64)54-31(40(66)47-27-37(63)52-29)9-3-6-17-46-35(61)14-23-69-26-20-51-57-43/h29-31H,1-28H2,(H,44,59)(H,45,60)(H,46,61)(H,47,66)(H,48,65)(H,52,63)(H,53,62)(H,54,64)/t29-,30-,31-/m0/s1. The third-order valence-corrected chi connectivity index (χ3v) is 9.81. The summed E-state index contributed by atoms with van der Waals surface area (Å²) >= 11 is 0. The highest BCUT2D eigenvalue weighted by molar-refractivity contribution is 5.96. The van der Waals surface area contributed by atoms with Gasteiger partial charge in [0.2, 0.25) is 47.3 Å². The Labute approximate surface area is 399 Å². The molecule has 1 fully saturated rings. The number of ether oxygens (including phenoxy) is 3. The highest BCUT2D eigenvalue weighted by Gasteiger charge is 2.27. The van der Waals surface area contributed by atoms with Gasteiger partial charge in [0.25, 0.3) is 0 Å². The largest absolute Gasteiger partial charge is 0.381 e. The lowest BCUT2D eigenvalue weighted by atomic mass is 10.0. The molecule has 1 rings (SSSR count). The number of azide groups is 3. The molecule has 1 aliphatic rings. The van der Waals surface area contributed by atoms with Gasteiger partial charge in [-0.1, -0.05) is 15.3 Å². The maximum Gasteiger partial charge on any atom is 0.243 e. The summed E-state index contributed by atoms with van der Waals surface area (Å²) in [6.45, 7) is 0.909. The maximum atomic E-state index is 13.5. The van der Waals surface area contributed by atoms with Crippen LogP contribution in [0.2, 0.25) is 0 Å². The van der Waals surface area contributed by atoms with Gasteiger partial charge in [-0.05, 0) is 74.4 Å². The zero-order valence-corrected chi connectivity index (χ0v) is 39.0. The first-order valence-electron chi connectivity index (χ1n) is 22.9. The zero-order valence-electron chi connectivity index (χ0n) is 39.0. The van der Waals surface area contributed by atoms with Crippen molar-refractivity contribution in [1.82, 2.24) is 42.5 Å². The number of hydrogen-bond donors (Lipinski definition) is 8. The Balaban J connectivity index is 2.99. The normalized spacial score (nSPS) is 17.1. The number of nitrogens with zero attached hydrogens (tertiary/aromatic N) is 9. The summed E-state index contributed by atoms with van der Waals surface area (Å²) in [5, 5.41) is 31.0. The Morgan fingerprint density at radius 3 is 1.22 bits per heavy atom. The van der Waals surface area contributed by atoms with Crippen molar-refractivity contribution in [2.45, 2.75) is 108 Å². The highest BCUT2D eigenvalue weighted by Crippen LogP contribution is 2.09. The van der Waals surface area contributed by atoms with Crippen molar-refractivity contribution < 1.29 is 57.4 Å². The van der Waals surface area contributed by atoms with Crippen LogP contribution >= 0.6 is 0 Å². The van der Waals surface area contributed by atoms with Crippen LogP contribution in [0.25, 0.3) is 31.3 Å². The van der Waals surface area contributed by atoms with E-state index in [9.17, 15) is 43.2 Å². The molecule has 69 heavy (non-hydrogen) atoms. The molecule has 8 amide bonds. The van der Waals surface area contributed by atoms with Crippen molar-refractivity contribution in [3.05, 3.63) is 31.3 Å². The molecule has 0 spiro atoms. The molecule has 0 radical (unpaired) electrons. The van der Waals surface area contributed by atoms with E-state index in [4.69, 9.17) is 30.8 Å².